The number of hydrogen-bond acceptors (Lipinski definition) is 3. The lowest BCUT2D eigenvalue weighted by atomic mass is 9.98. The van der Waals surface area contributed by atoms with Crippen molar-refractivity contribution in [2.45, 2.75) is 44.2 Å². The Labute approximate surface area is 97.0 Å². The second-order valence-electron chi connectivity index (χ2n) is 4.55. The van der Waals surface area contributed by atoms with Crippen LogP contribution in [0.3, 0.4) is 0 Å². The summed E-state index contributed by atoms with van der Waals surface area (Å²) in [5, 5.41) is 0. The Morgan fingerprint density at radius 1 is 1.50 bits per heavy atom. The predicted octanol–water partition coefficient (Wildman–Crippen LogP) is 1.91. The standard InChI is InChI=1S/C13H20N2O/c14-12(8-11-4-3-6-15-10-11)9-13-5-1-2-7-16-13/h3-4,6,10,12-13H,1-2,5,7-9,14H2. The van der Waals surface area contributed by atoms with E-state index in [0.29, 0.717) is 6.10 Å². The molecule has 0 saturated carbocycles. The van der Waals surface area contributed by atoms with Crippen molar-refractivity contribution in [3.05, 3.63) is 30.1 Å². The van der Waals surface area contributed by atoms with E-state index < -0.39 is 0 Å². The molecule has 0 radical (unpaired) electrons. The van der Waals surface area contributed by atoms with Crippen molar-refractivity contribution < 1.29 is 4.74 Å². The van der Waals surface area contributed by atoms with Crippen LogP contribution in [0.5, 0.6) is 0 Å². The summed E-state index contributed by atoms with van der Waals surface area (Å²) in [4.78, 5) is 4.10. The first-order chi connectivity index (χ1) is 7.84. The fourth-order valence-electron chi connectivity index (χ4n) is 2.24. The zero-order valence-electron chi connectivity index (χ0n) is 9.64. The molecule has 1 saturated heterocycles. The van der Waals surface area contributed by atoms with Crippen LogP contribution in [0.15, 0.2) is 24.5 Å². The summed E-state index contributed by atoms with van der Waals surface area (Å²) in [5.74, 6) is 0. The second kappa shape index (κ2) is 5.97. The molecule has 2 rings (SSSR count). The summed E-state index contributed by atoms with van der Waals surface area (Å²) in [7, 11) is 0. The molecule has 1 fully saturated rings. The fourth-order valence-corrected chi connectivity index (χ4v) is 2.24. The minimum atomic E-state index is 0.187. The minimum Gasteiger partial charge on any atom is -0.378 e. The quantitative estimate of drug-likeness (QED) is 0.843. The van der Waals surface area contributed by atoms with Gasteiger partial charge in [-0.25, -0.2) is 0 Å². The van der Waals surface area contributed by atoms with Gasteiger partial charge in [0.1, 0.15) is 0 Å². The van der Waals surface area contributed by atoms with E-state index in [1.807, 2.05) is 12.3 Å². The van der Waals surface area contributed by atoms with Gasteiger partial charge < -0.3 is 10.5 Å². The zero-order chi connectivity index (χ0) is 11.2. The number of nitrogens with two attached hydrogens (primary N) is 1. The summed E-state index contributed by atoms with van der Waals surface area (Å²) in [5.41, 5.74) is 7.34. The second-order valence-corrected chi connectivity index (χ2v) is 4.55. The highest BCUT2D eigenvalue weighted by Crippen LogP contribution is 2.17. The fraction of sp³-hybridized carbons (Fsp3) is 0.615. The van der Waals surface area contributed by atoms with Gasteiger partial charge in [-0.2, -0.15) is 0 Å². The monoisotopic (exact) mass is 220 g/mol. The van der Waals surface area contributed by atoms with E-state index >= 15 is 0 Å². The average Bonchev–Trinajstić information content (AvgIpc) is 2.31. The van der Waals surface area contributed by atoms with Gasteiger partial charge in [0.25, 0.3) is 0 Å². The molecule has 88 valence electrons. The lowest BCUT2D eigenvalue weighted by Gasteiger charge is -2.25. The maximum Gasteiger partial charge on any atom is 0.0590 e. The Balaban J connectivity index is 1.77. The number of ether oxygens (including phenoxy) is 1. The molecule has 1 aromatic rings. The van der Waals surface area contributed by atoms with Crippen molar-refractivity contribution in [3.8, 4) is 0 Å². The molecule has 1 aliphatic heterocycles. The van der Waals surface area contributed by atoms with Crippen molar-refractivity contribution in [2.24, 2.45) is 5.73 Å². The topological polar surface area (TPSA) is 48.1 Å². The number of pyridine rings is 1. The van der Waals surface area contributed by atoms with Crippen LogP contribution >= 0.6 is 0 Å². The molecular formula is C13H20N2O. The third kappa shape index (κ3) is 3.58. The van der Waals surface area contributed by atoms with Crippen LogP contribution in [0.25, 0.3) is 0 Å². The summed E-state index contributed by atoms with van der Waals surface area (Å²) in [6, 6.07) is 4.22. The maximum atomic E-state index is 6.13. The van der Waals surface area contributed by atoms with Gasteiger partial charge in [0.2, 0.25) is 0 Å². The van der Waals surface area contributed by atoms with Crippen LogP contribution in [0, 0.1) is 0 Å². The Kier molecular flexibility index (Phi) is 4.31. The molecule has 0 amide bonds. The molecule has 3 nitrogen and oxygen atoms in total. The highest BCUT2D eigenvalue weighted by atomic mass is 16.5. The van der Waals surface area contributed by atoms with E-state index in [1.54, 1.807) is 6.20 Å². The SMILES string of the molecule is NC(Cc1cccnc1)CC1CCCCO1. The largest absolute Gasteiger partial charge is 0.378 e. The van der Waals surface area contributed by atoms with Gasteiger partial charge >= 0.3 is 0 Å². The Morgan fingerprint density at radius 3 is 3.12 bits per heavy atom. The molecule has 16 heavy (non-hydrogen) atoms. The first-order valence-corrected chi connectivity index (χ1v) is 6.10. The molecule has 0 aromatic carbocycles. The van der Waals surface area contributed by atoms with Crippen LogP contribution < -0.4 is 5.73 Å². The summed E-state index contributed by atoms with van der Waals surface area (Å²) >= 11 is 0. The minimum absolute atomic E-state index is 0.187. The van der Waals surface area contributed by atoms with Gasteiger partial charge in [-0.05, 0) is 43.7 Å². The zero-order valence-corrected chi connectivity index (χ0v) is 9.64. The van der Waals surface area contributed by atoms with E-state index in [4.69, 9.17) is 10.5 Å². The normalized spacial score (nSPS) is 22.9. The van der Waals surface area contributed by atoms with Gasteiger partial charge in [0, 0.05) is 25.0 Å². The van der Waals surface area contributed by atoms with Gasteiger partial charge in [0.15, 0.2) is 0 Å². The number of hydrogen-bond donors (Lipinski definition) is 1. The van der Waals surface area contributed by atoms with Gasteiger partial charge in [-0.3, -0.25) is 4.98 Å². The van der Waals surface area contributed by atoms with Gasteiger partial charge in [-0.15, -0.1) is 0 Å². The van der Waals surface area contributed by atoms with Crippen LogP contribution in [-0.2, 0) is 11.2 Å². The lowest BCUT2D eigenvalue weighted by Crippen LogP contribution is -2.31. The molecule has 0 bridgehead atoms. The van der Waals surface area contributed by atoms with Crippen LogP contribution in [-0.4, -0.2) is 23.7 Å². The van der Waals surface area contributed by atoms with Gasteiger partial charge in [0.05, 0.1) is 6.10 Å². The molecule has 1 aromatic heterocycles. The molecule has 2 atom stereocenters. The first kappa shape index (κ1) is 11.6. The highest BCUT2D eigenvalue weighted by Gasteiger charge is 2.17. The molecule has 1 aliphatic rings. The summed E-state index contributed by atoms with van der Waals surface area (Å²) in [6.45, 7) is 0.907. The first-order valence-electron chi connectivity index (χ1n) is 6.10. The van der Waals surface area contributed by atoms with Crippen molar-refractivity contribution in [1.82, 2.24) is 4.98 Å². The van der Waals surface area contributed by atoms with E-state index in [0.717, 1.165) is 19.4 Å². The Bertz CT molecular complexity index is 296. The van der Waals surface area contributed by atoms with Crippen molar-refractivity contribution in [3.63, 3.8) is 0 Å². The maximum absolute atomic E-state index is 6.13. The van der Waals surface area contributed by atoms with Crippen LogP contribution in [0.2, 0.25) is 0 Å². The number of rotatable bonds is 4. The van der Waals surface area contributed by atoms with E-state index in [2.05, 4.69) is 11.1 Å². The number of nitrogens with zero attached hydrogens (tertiary/aromatic N) is 1. The Morgan fingerprint density at radius 2 is 2.44 bits per heavy atom. The molecule has 3 heteroatoms. The molecule has 0 spiro atoms. The third-order valence-electron chi connectivity index (χ3n) is 3.06. The molecule has 0 aliphatic carbocycles. The third-order valence-corrected chi connectivity index (χ3v) is 3.06. The molecule has 2 heterocycles. The molecular weight excluding hydrogens is 200 g/mol. The van der Waals surface area contributed by atoms with Crippen LogP contribution in [0.1, 0.15) is 31.2 Å². The lowest BCUT2D eigenvalue weighted by molar-refractivity contribution is 0.00747. The van der Waals surface area contributed by atoms with Gasteiger partial charge in [-0.1, -0.05) is 6.07 Å². The summed E-state index contributed by atoms with van der Waals surface area (Å²) in [6.07, 6.45) is 9.57. The predicted molar refractivity (Wildman–Crippen MR) is 64.1 cm³/mol. The van der Waals surface area contributed by atoms with Crippen molar-refractivity contribution in [1.29, 1.82) is 0 Å². The summed E-state index contributed by atoms with van der Waals surface area (Å²) < 4.78 is 5.69. The van der Waals surface area contributed by atoms with E-state index in [9.17, 15) is 0 Å². The Hall–Kier alpha value is -0.930. The van der Waals surface area contributed by atoms with Crippen LogP contribution in [0.4, 0.5) is 0 Å². The highest BCUT2D eigenvalue weighted by molar-refractivity contribution is 5.09. The smallest absolute Gasteiger partial charge is 0.0590 e. The number of aromatic nitrogens is 1. The molecule has 2 unspecified atom stereocenters. The van der Waals surface area contributed by atoms with E-state index in [-0.39, 0.29) is 6.04 Å². The average molecular weight is 220 g/mol. The van der Waals surface area contributed by atoms with E-state index in [1.165, 1.54) is 24.8 Å². The molecule has 2 N–H and O–H groups in total. The van der Waals surface area contributed by atoms with Crippen molar-refractivity contribution >= 4 is 0 Å². The van der Waals surface area contributed by atoms with Crippen molar-refractivity contribution in [2.75, 3.05) is 6.61 Å².